The smallest absolute Gasteiger partial charge is 0.225 e. The number of rotatable bonds is 8. The maximum Gasteiger partial charge on any atom is 0.225 e. The van der Waals surface area contributed by atoms with E-state index in [0.717, 1.165) is 11.1 Å². The second kappa shape index (κ2) is 9.65. The van der Waals surface area contributed by atoms with E-state index in [2.05, 4.69) is 0 Å². The topological polar surface area (TPSA) is 70.8 Å². The Bertz CT molecular complexity index is 707. The third-order valence-electron chi connectivity index (χ3n) is 5.04. The van der Waals surface area contributed by atoms with Crippen LogP contribution in [0.1, 0.15) is 18.1 Å². The molecule has 5 nitrogen and oxygen atoms in total. The summed E-state index contributed by atoms with van der Waals surface area (Å²) in [6.07, 6.45) is -0.424. The molecule has 0 radical (unpaired) electrons. The van der Waals surface area contributed by atoms with E-state index < -0.39 is 5.92 Å². The average Bonchev–Trinajstić information content (AvgIpc) is 2.69. The lowest BCUT2D eigenvalue weighted by molar-refractivity contribution is -0.174. The second-order valence-corrected chi connectivity index (χ2v) is 7.00. The molecular weight excluding hydrogens is 342 g/mol. The van der Waals surface area contributed by atoms with Gasteiger partial charge in [-0.15, -0.1) is 0 Å². The van der Waals surface area contributed by atoms with E-state index in [4.69, 9.17) is 19.9 Å². The van der Waals surface area contributed by atoms with Crippen molar-refractivity contribution in [3.63, 3.8) is 0 Å². The first-order valence-electron chi connectivity index (χ1n) is 9.33. The number of carbonyl (C=O) groups excluding carboxylic acids is 1. The third-order valence-corrected chi connectivity index (χ3v) is 5.04. The van der Waals surface area contributed by atoms with E-state index in [9.17, 15) is 4.79 Å². The third kappa shape index (κ3) is 5.39. The monoisotopic (exact) mass is 369 g/mol. The molecule has 4 atom stereocenters. The fourth-order valence-corrected chi connectivity index (χ4v) is 3.40. The quantitative estimate of drug-likeness (QED) is 0.777. The molecule has 0 aliphatic carbocycles. The minimum absolute atomic E-state index is 0.00395. The molecule has 0 unspecified atom stereocenters. The molecule has 2 aromatic carbocycles. The molecule has 0 spiro atoms. The normalized spacial score (nSPS) is 25.2. The minimum atomic E-state index is -0.450. The molecule has 1 saturated heterocycles. The Morgan fingerprint density at radius 1 is 1.04 bits per heavy atom. The molecule has 3 rings (SSSR count). The van der Waals surface area contributed by atoms with Gasteiger partial charge < -0.3 is 19.9 Å². The summed E-state index contributed by atoms with van der Waals surface area (Å²) >= 11 is 0. The van der Waals surface area contributed by atoms with Gasteiger partial charge in [-0.25, -0.2) is 0 Å². The number of benzene rings is 2. The molecular formula is C22H27NO4. The van der Waals surface area contributed by atoms with Crippen LogP contribution in [0.25, 0.3) is 0 Å². The van der Waals surface area contributed by atoms with E-state index in [0.29, 0.717) is 19.8 Å². The van der Waals surface area contributed by atoms with Crippen LogP contribution in [-0.2, 0) is 32.2 Å². The van der Waals surface area contributed by atoms with Crippen molar-refractivity contribution in [2.75, 3.05) is 13.2 Å². The van der Waals surface area contributed by atoms with E-state index in [1.807, 2.05) is 67.6 Å². The van der Waals surface area contributed by atoms with E-state index in [1.165, 1.54) is 0 Å². The zero-order valence-electron chi connectivity index (χ0n) is 15.6. The van der Waals surface area contributed by atoms with Gasteiger partial charge in [0.1, 0.15) is 0 Å². The summed E-state index contributed by atoms with van der Waals surface area (Å²) in [5.41, 5.74) is 7.76. The predicted octanol–water partition coefficient (Wildman–Crippen LogP) is 2.93. The molecule has 27 heavy (non-hydrogen) atoms. The molecule has 2 N–H and O–H groups in total. The number of amides is 1. The van der Waals surface area contributed by atoms with Crippen LogP contribution in [0.2, 0.25) is 0 Å². The summed E-state index contributed by atoms with van der Waals surface area (Å²) in [6, 6.07) is 19.9. The van der Waals surface area contributed by atoms with Gasteiger partial charge in [0.25, 0.3) is 0 Å². The Morgan fingerprint density at radius 2 is 1.63 bits per heavy atom. The van der Waals surface area contributed by atoms with Crippen molar-refractivity contribution in [1.82, 2.24) is 0 Å². The van der Waals surface area contributed by atoms with Crippen LogP contribution in [0.3, 0.4) is 0 Å². The van der Waals surface area contributed by atoms with Crippen molar-refractivity contribution < 1.29 is 19.0 Å². The Hall–Kier alpha value is -2.21. The Kier molecular flexibility index (Phi) is 6.98. The summed E-state index contributed by atoms with van der Waals surface area (Å²) in [4.78, 5) is 11.9. The van der Waals surface area contributed by atoms with Gasteiger partial charge in [0.15, 0.2) is 0 Å². The predicted molar refractivity (Wildman–Crippen MR) is 103 cm³/mol. The van der Waals surface area contributed by atoms with Crippen LogP contribution in [0.15, 0.2) is 60.7 Å². The molecule has 5 heteroatoms. The highest BCUT2D eigenvalue weighted by Gasteiger charge is 2.41. The first-order chi connectivity index (χ1) is 13.1. The molecule has 144 valence electrons. The molecule has 0 aromatic heterocycles. The summed E-state index contributed by atoms with van der Waals surface area (Å²) in [5, 5.41) is 0. The fourth-order valence-electron chi connectivity index (χ4n) is 3.40. The highest BCUT2D eigenvalue weighted by Crippen LogP contribution is 2.29. The van der Waals surface area contributed by atoms with Gasteiger partial charge in [0.2, 0.25) is 5.91 Å². The number of primary amides is 1. The van der Waals surface area contributed by atoms with E-state index in [1.54, 1.807) is 0 Å². The van der Waals surface area contributed by atoms with Crippen molar-refractivity contribution >= 4 is 5.91 Å². The van der Waals surface area contributed by atoms with Crippen LogP contribution in [-0.4, -0.2) is 31.3 Å². The molecule has 1 aliphatic heterocycles. The number of nitrogens with two attached hydrogens (primary N) is 1. The highest BCUT2D eigenvalue weighted by atomic mass is 16.5. The average molecular weight is 369 g/mol. The van der Waals surface area contributed by atoms with Crippen molar-refractivity contribution in [2.45, 2.75) is 32.3 Å². The van der Waals surface area contributed by atoms with Crippen molar-refractivity contribution in [2.24, 2.45) is 17.6 Å². The molecule has 0 saturated carbocycles. The lowest BCUT2D eigenvalue weighted by atomic mass is 9.85. The van der Waals surface area contributed by atoms with Gasteiger partial charge in [-0.2, -0.15) is 0 Å². The maximum atomic E-state index is 11.9. The van der Waals surface area contributed by atoms with Crippen LogP contribution in [0.4, 0.5) is 0 Å². The first kappa shape index (κ1) is 19.5. The molecule has 2 aromatic rings. The summed E-state index contributed by atoms with van der Waals surface area (Å²) in [5.74, 6) is -0.839. The van der Waals surface area contributed by atoms with Gasteiger partial charge in [-0.05, 0) is 11.1 Å². The molecule has 1 aliphatic rings. The van der Waals surface area contributed by atoms with Gasteiger partial charge >= 0.3 is 0 Å². The van der Waals surface area contributed by atoms with Gasteiger partial charge in [-0.3, -0.25) is 4.79 Å². The lowest BCUT2D eigenvalue weighted by Crippen LogP contribution is -2.52. The van der Waals surface area contributed by atoms with Gasteiger partial charge in [-0.1, -0.05) is 67.6 Å². The summed E-state index contributed by atoms with van der Waals surface area (Å²) in [7, 11) is 0. The first-order valence-corrected chi connectivity index (χ1v) is 9.33. The van der Waals surface area contributed by atoms with Crippen molar-refractivity contribution in [1.29, 1.82) is 0 Å². The SMILES string of the molecule is C[C@@H]1[C@H](OCc2ccccc2)[C@H](C(N)=O)CO[C@@H]1COCc1ccccc1. The standard InChI is InChI=1S/C22H27NO4/c1-16-20(15-25-12-17-8-4-2-5-9-17)26-14-19(22(23)24)21(16)27-13-18-10-6-3-7-11-18/h2-11,16,19-21H,12-15H2,1H3,(H2,23,24)/t16-,19+,20+,21-/m0/s1. The van der Waals surface area contributed by atoms with Crippen LogP contribution in [0.5, 0.6) is 0 Å². The van der Waals surface area contributed by atoms with E-state index >= 15 is 0 Å². The Morgan fingerprint density at radius 3 is 2.22 bits per heavy atom. The zero-order valence-corrected chi connectivity index (χ0v) is 15.6. The Balaban J connectivity index is 1.57. The fraction of sp³-hybridized carbons (Fsp3) is 0.409. The number of carbonyl (C=O) groups is 1. The number of hydrogen-bond donors (Lipinski definition) is 1. The second-order valence-electron chi connectivity index (χ2n) is 7.00. The molecule has 1 amide bonds. The lowest BCUT2D eigenvalue weighted by Gasteiger charge is -2.40. The van der Waals surface area contributed by atoms with Crippen molar-refractivity contribution in [3.8, 4) is 0 Å². The largest absolute Gasteiger partial charge is 0.375 e. The minimum Gasteiger partial charge on any atom is -0.375 e. The van der Waals surface area contributed by atoms with Gasteiger partial charge in [0.05, 0.1) is 44.6 Å². The number of ether oxygens (including phenoxy) is 3. The molecule has 1 fully saturated rings. The van der Waals surface area contributed by atoms with Crippen LogP contribution < -0.4 is 5.73 Å². The zero-order chi connectivity index (χ0) is 19.1. The van der Waals surface area contributed by atoms with E-state index in [-0.39, 0.29) is 30.6 Å². The van der Waals surface area contributed by atoms with Crippen molar-refractivity contribution in [3.05, 3.63) is 71.8 Å². The maximum absolute atomic E-state index is 11.9. The highest BCUT2D eigenvalue weighted by molar-refractivity contribution is 5.77. The number of hydrogen-bond acceptors (Lipinski definition) is 4. The molecule has 1 heterocycles. The summed E-state index contributed by atoms with van der Waals surface area (Å²) < 4.78 is 17.8. The Labute approximate surface area is 160 Å². The van der Waals surface area contributed by atoms with Crippen LogP contribution in [0, 0.1) is 11.8 Å². The van der Waals surface area contributed by atoms with Crippen LogP contribution >= 0.6 is 0 Å². The summed E-state index contributed by atoms with van der Waals surface area (Å²) in [6.45, 7) is 3.71. The van der Waals surface area contributed by atoms with Gasteiger partial charge in [0, 0.05) is 5.92 Å². The molecule has 0 bridgehead atoms.